The molecule has 2 aromatic rings. The lowest BCUT2D eigenvalue weighted by molar-refractivity contribution is 0.100. The van der Waals surface area contributed by atoms with Gasteiger partial charge < -0.3 is 5.73 Å². The number of nitrogens with zero attached hydrogens (tertiary/aromatic N) is 1. The summed E-state index contributed by atoms with van der Waals surface area (Å²) in [7, 11) is 0. The molecule has 1 aliphatic carbocycles. The highest BCUT2D eigenvalue weighted by atomic mass is 16.1. The second-order valence-corrected chi connectivity index (χ2v) is 5.98. The summed E-state index contributed by atoms with van der Waals surface area (Å²) in [4.78, 5) is 16.0. The Labute approximate surface area is 118 Å². The molecular formula is C17H18N2O. The molecule has 0 aliphatic heterocycles. The van der Waals surface area contributed by atoms with Crippen LogP contribution in [0.15, 0.2) is 36.5 Å². The summed E-state index contributed by atoms with van der Waals surface area (Å²) in [6.07, 6.45) is 3.85. The molecule has 1 aromatic heterocycles. The Morgan fingerprint density at radius 3 is 2.80 bits per heavy atom. The number of pyridine rings is 1. The molecule has 0 atom stereocenters. The van der Waals surface area contributed by atoms with Gasteiger partial charge >= 0.3 is 0 Å². The van der Waals surface area contributed by atoms with Crippen LogP contribution < -0.4 is 5.73 Å². The first-order valence-electron chi connectivity index (χ1n) is 6.88. The van der Waals surface area contributed by atoms with Gasteiger partial charge in [-0.25, -0.2) is 0 Å². The fourth-order valence-corrected chi connectivity index (χ4v) is 3.10. The number of hydrogen-bond donors (Lipinski definition) is 1. The third kappa shape index (κ3) is 1.90. The molecule has 0 saturated heterocycles. The van der Waals surface area contributed by atoms with Crippen molar-refractivity contribution in [3.05, 3.63) is 53.2 Å². The molecule has 102 valence electrons. The molecule has 1 aromatic carbocycles. The summed E-state index contributed by atoms with van der Waals surface area (Å²) >= 11 is 0. The van der Waals surface area contributed by atoms with Crippen molar-refractivity contribution in [2.24, 2.45) is 5.73 Å². The number of carbonyl (C=O) groups excluding carboxylic acids is 1. The van der Waals surface area contributed by atoms with Gasteiger partial charge in [-0.15, -0.1) is 0 Å². The Morgan fingerprint density at radius 2 is 2.05 bits per heavy atom. The minimum Gasteiger partial charge on any atom is -0.366 e. The van der Waals surface area contributed by atoms with Crippen molar-refractivity contribution in [2.75, 3.05) is 0 Å². The van der Waals surface area contributed by atoms with Gasteiger partial charge in [-0.1, -0.05) is 32.0 Å². The predicted molar refractivity (Wildman–Crippen MR) is 79.5 cm³/mol. The van der Waals surface area contributed by atoms with Crippen LogP contribution in [-0.2, 0) is 11.8 Å². The van der Waals surface area contributed by atoms with Crippen LogP contribution in [0.4, 0.5) is 0 Å². The van der Waals surface area contributed by atoms with Gasteiger partial charge in [0, 0.05) is 11.8 Å². The lowest BCUT2D eigenvalue weighted by Gasteiger charge is -2.19. The van der Waals surface area contributed by atoms with Crippen molar-refractivity contribution >= 4 is 5.91 Å². The van der Waals surface area contributed by atoms with Crippen LogP contribution in [-0.4, -0.2) is 10.9 Å². The second-order valence-electron chi connectivity index (χ2n) is 5.98. The molecule has 1 aliphatic rings. The fraction of sp³-hybridized carbons (Fsp3) is 0.294. The summed E-state index contributed by atoms with van der Waals surface area (Å²) in [5, 5.41) is 0. The quantitative estimate of drug-likeness (QED) is 0.908. The first-order chi connectivity index (χ1) is 9.50. The highest BCUT2D eigenvalue weighted by Crippen LogP contribution is 2.42. The number of nitrogens with two attached hydrogens (primary N) is 1. The Balaban J connectivity index is 2.24. The molecular weight excluding hydrogens is 248 g/mol. The maximum Gasteiger partial charge on any atom is 0.250 e. The molecule has 1 amide bonds. The lowest BCUT2D eigenvalue weighted by Crippen LogP contribution is -2.14. The molecule has 1 heterocycles. The number of hydrogen-bond acceptors (Lipinski definition) is 2. The number of fused-ring (bicyclic) bond motifs is 1. The average Bonchev–Trinajstić information content (AvgIpc) is 2.75. The molecule has 3 nitrogen and oxygen atoms in total. The minimum absolute atomic E-state index is 0.188. The summed E-state index contributed by atoms with van der Waals surface area (Å²) in [6.45, 7) is 4.52. The smallest absolute Gasteiger partial charge is 0.250 e. The van der Waals surface area contributed by atoms with Gasteiger partial charge in [-0.2, -0.15) is 0 Å². The van der Waals surface area contributed by atoms with Crippen molar-refractivity contribution in [3.8, 4) is 11.3 Å². The standard InChI is InChI=1S/C17H18N2O/c1-17(2)9-8-11-12(5-3-7-14(11)17)15-13(16(18)20)6-4-10-19-15/h3-7,10H,8-9H2,1-2H3,(H2,18,20). The Morgan fingerprint density at radius 1 is 1.25 bits per heavy atom. The zero-order valence-electron chi connectivity index (χ0n) is 11.8. The first kappa shape index (κ1) is 12.9. The van der Waals surface area contributed by atoms with E-state index in [4.69, 9.17) is 5.73 Å². The number of benzene rings is 1. The molecule has 0 unspecified atom stereocenters. The van der Waals surface area contributed by atoms with Gasteiger partial charge in [-0.05, 0) is 41.5 Å². The highest BCUT2D eigenvalue weighted by Gasteiger charge is 2.31. The second kappa shape index (κ2) is 4.44. The lowest BCUT2D eigenvalue weighted by atomic mass is 9.85. The van der Waals surface area contributed by atoms with E-state index in [0.29, 0.717) is 11.3 Å². The van der Waals surface area contributed by atoms with Crippen LogP contribution in [0.25, 0.3) is 11.3 Å². The van der Waals surface area contributed by atoms with E-state index in [9.17, 15) is 4.79 Å². The van der Waals surface area contributed by atoms with Crippen molar-refractivity contribution in [2.45, 2.75) is 32.1 Å². The molecule has 20 heavy (non-hydrogen) atoms. The predicted octanol–water partition coefficient (Wildman–Crippen LogP) is 3.07. The normalized spacial score (nSPS) is 15.9. The Bertz CT molecular complexity index is 689. The van der Waals surface area contributed by atoms with Crippen molar-refractivity contribution in [3.63, 3.8) is 0 Å². The fourth-order valence-electron chi connectivity index (χ4n) is 3.10. The van der Waals surface area contributed by atoms with Crippen LogP contribution in [0.2, 0.25) is 0 Å². The van der Waals surface area contributed by atoms with Gasteiger partial charge in [0.2, 0.25) is 0 Å². The van der Waals surface area contributed by atoms with E-state index in [-0.39, 0.29) is 5.41 Å². The molecule has 0 bridgehead atoms. The van der Waals surface area contributed by atoms with Crippen LogP contribution in [0.3, 0.4) is 0 Å². The van der Waals surface area contributed by atoms with E-state index < -0.39 is 5.91 Å². The maximum absolute atomic E-state index is 11.6. The van der Waals surface area contributed by atoms with Gasteiger partial charge in [0.15, 0.2) is 0 Å². The molecule has 0 saturated carbocycles. The van der Waals surface area contributed by atoms with E-state index in [1.165, 1.54) is 11.1 Å². The first-order valence-corrected chi connectivity index (χ1v) is 6.88. The van der Waals surface area contributed by atoms with Crippen LogP contribution in [0.5, 0.6) is 0 Å². The topological polar surface area (TPSA) is 56.0 Å². The van der Waals surface area contributed by atoms with Gasteiger partial charge in [-0.3, -0.25) is 9.78 Å². The molecule has 0 fully saturated rings. The summed E-state index contributed by atoms with van der Waals surface area (Å²) in [5.74, 6) is -0.428. The Kier molecular flexibility index (Phi) is 2.85. The summed E-state index contributed by atoms with van der Waals surface area (Å²) in [6, 6.07) is 9.75. The van der Waals surface area contributed by atoms with E-state index in [1.54, 1.807) is 18.3 Å². The van der Waals surface area contributed by atoms with Crippen LogP contribution in [0, 0.1) is 0 Å². The average molecular weight is 266 g/mol. The number of primary amides is 1. The van der Waals surface area contributed by atoms with Crippen molar-refractivity contribution in [1.29, 1.82) is 0 Å². The van der Waals surface area contributed by atoms with E-state index in [1.807, 2.05) is 12.1 Å². The van der Waals surface area contributed by atoms with Crippen LogP contribution in [0.1, 0.15) is 41.8 Å². The largest absolute Gasteiger partial charge is 0.366 e. The van der Waals surface area contributed by atoms with Crippen molar-refractivity contribution < 1.29 is 4.79 Å². The molecule has 0 radical (unpaired) electrons. The third-order valence-electron chi connectivity index (χ3n) is 4.23. The number of rotatable bonds is 2. The number of aromatic nitrogens is 1. The highest BCUT2D eigenvalue weighted by molar-refractivity contribution is 5.99. The maximum atomic E-state index is 11.6. The zero-order valence-corrected chi connectivity index (χ0v) is 11.8. The molecule has 3 rings (SSSR count). The third-order valence-corrected chi connectivity index (χ3v) is 4.23. The molecule has 3 heteroatoms. The minimum atomic E-state index is -0.428. The summed E-state index contributed by atoms with van der Waals surface area (Å²) in [5.41, 5.74) is 10.6. The monoisotopic (exact) mass is 266 g/mol. The van der Waals surface area contributed by atoms with Gasteiger partial charge in [0.25, 0.3) is 5.91 Å². The van der Waals surface area contributed by atoms with E-state index in [0.717, 1.165) is 18.4 Å². The SMILES string of the molecule is CC1(C)CCc2c(-c3ncccc3C(N)=O)cccc21. The van der Waals surface area contributed by atoms with Gasteiger partial charge in [0.1, 0.15) is 0 Å². The number of carbonyl (C=O) groups is 1. The summed E-state index contributed by atoms with van der Waals surface area (Å²) < 4.78 is 0. The van der Waals surface area contributed by atoms with Gasteiger partial charge in [0.05, 0.1) is 11.3 Å². The van der Waals surface area contributed by atoms with Crippen molar-refractivity contribution in [1.82, 2.24) is 4.98 Å². The molecule has 2 N–H and O–H groups in total. The van der Waals surface area contributed by atoms with E-state index in [2.05, 4.69) is 24.9 Å². The van der Waals surface area contributed by atoms with E-state index >= 15 is 0 Å². The zero-order chi connectivity index (χ0) is 14.3. The number of amides is 1. The van der Waals surface area contributed by atoms with Crippen LogP contribution >= 0.6 is 0 Å². The molecule has 0 spiro atoms. The Hall–Kier alpha value is -2.16.